The second-order valence-electron chi connectivity index (χ2n) is 5.60. The van der Waals surface area contributed by atoms with Crippen LogP contribution in [0.5, 0.6) is 0 Å². The minimum atomic E-state index is -0.851. The van der Waals surface area contributed by atoms with Crippen LogP contribution in [0.1, 0.15) is 47.0 Å². The van der Waals surface area contributed by atoms with Crippen molar-refractivity contribution in [2.75, 3.05) is 19.6 Å². The van der Waals surface area contributed by atoms with E-state index in [2.05, 4.69) is 23.5 Å². The van der Waals surface area contributed by atoms with Crippen LogP contribution in [0.25, 0.3) is 0 Å². The van der Waals surface area contributed by atoms with Crippen molar-refractivity contribution in [1.29, 1.82) is 0 Å². The zero-order valence-electron chi connectivity index (χ0n) is 11.7. The molecule has 0 aromatic heterocycles. The number of nitrogens with one attached hydrogen (secondary N) is 1. The number of nitrogens with zero attached hydrogens (tertiary/aromatic N) is 1. The fourth-order valence-corrected chi connectivity index (χ4v) is 2.94. The van der Waals surface area contributed by atoms with Gasteiger partial charge in [-0.05, 0) is 66.0 Å². The lowest BCUT2D eigenvalue weighted by molar-refractivity contribution is 0.146. The van der Waals surface area contributed by atoms with Gasteiger partial charge in [0.2, 0.25) is 0 Å². The first-order valence-corrected chi connectivity index (χ1v) is 8.10. The minimum absolute atomic E-state index is 0.220. The van der Waals surface area contributed by atoms with Gasteiger partial charge in [-0.1, -0.05) is 0 Å². The van der Waals surface area contributed by atoms with E-state index in [9.17, 15) is 4.21 Å². The highest BCUT2D eigenvalue weighted by Crippen LogP contribution is 2.21. The van der Waals surface area contributed by atoms with Gasteiger partial charge in [0.1, 0.15) is 0 Å². The van der Waals surface area contributed by atoms with Crippen molar-refractivity contribution in [3.63, 3.8) is 0 Å². The van der Waals surface area contributed by atoms with Crippen molar-refractivity contribution in [2.45, 2.75) is 58.2 Å². The molecule has 1 N–H and O–H groups in total. The highest BCUT2D eigenvalue weighted by atomic mass is 32.2. The van der Waals surface area contributed by atoms with Crippen LogP contribution in [0.15, 0.2) is 0 Å². The molecule has 17 heavy (non-hydrogen) atoms. The fraction of sp³-hybridized carbons (Fsp3) is 1.00. The van der Waals surface area contributed by atoms with Crippen LogP contribution in [0.3, 0.4) is 0 Å². The van der Waals surface area contributed by atoms with E-state index in [1.54, 1.807) is 0 Å². The molecule has 0 amide bonds. The maximum absolute atomic E-state index is 11.5. The fourth-order valence-electron chi connectivity index (χ4n) is 2.29. The van der Waals surface area contributed by atoms with E-state index in [0.717, 1.165) is 12.5 Å². The molecule has 102 valence electrons. The number of rotatable bonds is 6. The third-order valence-electron chi connectivity index (χ3n) is 3.60. The maximum Gasteiger partial charge on any atom is 0.0941 e. The highest BCUT2D eigenvalue weighted by Gasteiger charge is 2.20. The average molecular weight is 260 g/mol. The van der Waals surface area contributed by atoms with E-state index in [0.29, 0.717) is 6.04 Å². The topological polar surface area (TPSA) is 32.3 Å². The summed E-state index contributed by atoms with van der Waals surface area (Å²) in [6, 6.07) is 0.683. The first kappa shape index (κ1) is 15.1. The lowest BCUT2D eigenvalue weighted by atomic mass is 9.93. The summed E-state index contributed by atoms with van der Waals surface area (Å²) in [6.45, 7) is 11.9. The summed E-state index contributed by atoms with van der Waals surface area (Å²) in [4.78, 5) is 2.55. The zero-order valence-corrected chi connectivity index (χ0v) is 12.6. The summed E-state index contributed by atoms with van der Waals surface area (Å²) in [7, 11) is -0.851. The Morgan fingerprint density at radius 3 is 2.29 bits per heavy atom. The van der Waals surface area contributed by atoms with Crippen molar-refractivity contribution in [3.05, 3.63) is 0 Å². The SMILES string of the molecule is CC(C)N1CCC(CCNS(=O)C(C)C)CC1. The van der Waals surface area contributed by atoms with E-state index in [1.807, 2.05) is 13.8 Å². The van der Waals surface area contributed by atoms with Crippen LogP contribution in [-0.2, 0) is 11.0 Å². The molecule has 1 aliphatic heterocycles. The van der Waals surface area contributed by atoms with Crippen molar-refractivity contribution >= 4 is 11.0 Å². The standard InChI is InChI=1S/C13H28N2OS/c1-11(2)15-9-6-13(7-10-15)5-8-14-17(16)12(3)4/h11-14H,5-10H2,1-4H3. The van der Waals surface area contributed by atoms with Crippen LogP contribution >= 0.6 is 0 Å². The van der Waals surface area contributed by atoms with Gasteiger partial charge in [0.05, 0.1) is 11.0 Å². The molecule has 4 heteroatoms. The lowest BCUT2D eigenvalue weighted by Crippen LogP contribution is -2.39. The molecule has 0 radical (unpaired) electrons. The first-order valence-electron chi connectivity index (χ1n) is 6.88. The molecule has 0 aliphatic carbocycles. The zero-order chi connectivity index (χ0) is 12.8. The number of piperidine rings is 1. The molecular weight excluding hydrogens is 232 g/mol. The third-order valence-corrected chi connectivity index (χ3v) is 4.95. The molecule has 1 heterocycles. The van der Waals surface area contributed by atoms with Gasteiger partial charge in [0.25, 0.3) is 0 Å². The molecule has 1 rings (SSSR count). The van der Waals surface area contributed by atoms with Gasteiger partial charge in [-0.25, -0.2) is 8.93 Å². The van der Waals surface area contributed by atoms with Gasteiger partial charge in [0.15, 0.2) is 0 Å². The van der Waals surface area contributed by atoms with E-state index < -0.39 is 11.0 Å². The van der Waals surface area contributed by atoms with Gasteiger partial charge in [-0.2, -0.15) is 0 Å². The molecule has 3 nitrogen and oxygen atoms in total. The van der Waals surface area contributed by atoms with Crippen molar-refractivity contribution in [3.8, 4) is 0 Å². The van der Waals surface area contributed by atoms with Gasteiger partial charge in [0, 0.05) is 17.8 Å². The number of likely N-dealkylation sites (tertiary alicyclic amines) is 1. The van der Waals surface area contributed by atoms with Crippen LogP contribution < -0.4 is 4.72 Å². The highest BCUT2D eigenvalue weighted by molar-refractivity contribution is 7.83. The Morgan fingerprint density at radius 2 is 1.82 bits per heavy atom. The Labute approximate surface area is 109 Å². The molecule has 0 saturated carbocycles. The Kier molecular flexibility index (Phi) is 6.67. The molecule has 1 atom stereocenters. The predicted octanol–water partition coefficient (Wildman–Crippen LogP) is 2.16. The molecule has 1 aliphatic rings. The molecule has 0 spiro atoms. The second kappa shape index (κ2) is 7.49. The summed E-state index contributed by atoms with van der Waals surface area (Å²) in [6.07, 6.45) is 3.77. The predicted molar refractivity (Wildman–Crippen MR) is 75.3 cm³/mol. The van der Waals surface area contributed by atoms with Crippen LogP contribution in [-0.4, -0.2) is 40.0 Å². The Bertz CT molecular complexity index is 236. The van der Waals surface area contributed by atoms with Crippen LogP contribution in [0.2, 0.25) is 0 Å². The van der Waals surface area contributed by atoms with Crippen LogP contribution in [0.4, 0.5) is 0 Å². The minimum Gasteiger partial charge on any atom is -0.301 e. The molecule has 1 unspecified atom stereocenters. The van der Waals surface area contributed by atoms with Gasteiger partial charge >= 0.3 is 0 Å². The smallest absolute Gasteiger partial charge is 0.0941 e. The summed E-state index contributed by atoms with van der Waals surface area (Å²) >= 11 is 0. The molecule has 0 aromatic rings. The van der Waals surface area contributed by atoms with Crippen LogP contribution in [0, 0.1) is 5.92 Å². The maximum atomic E-state index is 11.5. The van der Waals surface area contributed by atoms with Gasteiger partial charge in [-0.15, -0.1) is 0 Å². The van der Waals surface area contributed by atoms with Crippen molar-refractivity contribution in [2.24, 2.45) is 5.92 Å². The van der Waals surface area contributed by atoms with E-state index >= 15 is 0 Å². The number of hydrogen-bond acceptors (Lipinski definition) is 2. The normalized spacial score (nSPS) is 21.3. The van der Waals surface area contributed by atoms with E-state index in [1.165, 1.54) is 32.4 Å². The molecule has 0 aromatic carbocycles. The first-order chi connectivity index (χ1) is 8.00. The molecule has 1 fully saturated rings. The summed E-state index contributed by atoms with van der Waals surface area (Å²) in [5, 5.41) is 0.220. The Morgan fingerprint density at radius 1 is 1.24 bits per heavy atom. The largest absolute Gasteiger partial charge is 0.301 e. The molecule has 0 bridgehead atoms. The second-order valence-corrected chi connectivity index (χ2v) is 7.43. The van der Waals surface area contributed by atoms with Gasteiger partial charge < -0.3 is 4.90 Å². The summed E-state index contributed by atoms with van der Waals surface area (Å²) in [5.74, 6) is 0.821. The quantitative estimate of drug-likeness (QED) is 0.794. The van der Waals surface area contributed by atoms with Gasteiger partial charge in [-0.3, -0.25) is 0 Å². The monoisotopic (exact) mass is 260 g/mol. The Balaban J connectivity index is 2.12. The molecule has 1 saturated heterocycles. The van der Waals surface area contributed by atoms with Crippen molar-refractivity contribution < 1.29 is 4.21 Å². The number of hydrogen-bond donors (Lipinski definition) is 1. The summed E-state index contributed by atoms with van der Waals surface area (Å²) in [5.41, 5.74) is 0. The lowest BCUT2D eigenvalue weighted by Gasteiger charge is -2.34. The van der Waals surface area contributed by atoms with E-state index in [4.69, 9.17) is 0 Å². The van der Waals surface area contributed by atoms with E-state index in [-0.39, 0.29) is 5.25 Å². The van der Waals surface area contributed by atoms with Crippen molar-refractivity contribution in [1.82, 2.24) is 9.62 Å². The Hall–Kier alpha value is 0.0700. The summed E-state index contributed by atoms with van der Waals surface area (Å²) < 4.78 is 14.6. The third kappa shape index (κ3) is 5.49. The average Bonchev–Trinajstić information content (AvgIpc) is 2.29. The molecular formula is C13H28N2OS.